The molecule has 1 heterocycles. The number of aryl methyl sites for hydroxylation is 1. The fraction of sp³-hybridized carbons (Fsp3) is 0.500. The molecule has 1 rings (SSSR count). The Morgan fingerprint density at radius 3 is 2.80 bits per heavy atom. The molecule has 0 aromatic carbocycles. The molecule has 1 atom stereocenters. The highest BCUT2D eigenvalue weighted by Crippen LogP contribution is 2.20. The zero-order valence-electron chi connectivity index (χ0n) is 6.29. The van der Waals surface area contributed by atoms with Crippen molar-refractivity contribution >= 4 is 0 Å². The summed E-state index contributed by atoms with van der Waals surface area (Å²) in [6, 6.07) is 1.86. The van der Waals surface area contributed by atoms with Gasteiger partial charge < -0.3 is 9.52 Å². The Morgan fingerprint density at radius 2 is 2.40 bits per heavy atom. The van der Waals surface area contributed by atoms with Gasteiger partial charge in [-0.1, -0.05) is 6.92 Å². The predicted molar refractivity (Wildman–Crippen MR) is 38.7 cm³/mol. The van der Waals surface area contributed by atoms with E-state index in [-0.39, 0.29) is 0 Å². The Balaban J connectivity index is 2.82. The predicted octanol–water partition coefficient (Wildman–Crippen LogP) is 2.03. The zero-order chi connectivity index (χ0) is 7.56. The lowest BCUT2D eigenvalue weighted by atomic mass is 10.1. The van der Waals surface area contributed by atoms with Gasteiger partial charge in [-0.2, -0.15) is 0 Å². The van der Waals surface area contributed by atoms with E-state index in [4.69, 9.17) is 4.42 Å². The SMILES string of the molecule is CC[C@H](O)c1occc1C. The highest BCUT2D eigenvalue weighted by molar-refractivity contribution is 5.16. The molecule has 0 saturated heterocycles. The van der Waals surface area contributed by atoms with Gasteiger partial charge in [-0.3, -0.25) is 0 Å². The Morgan fingerprint density at radius 1 is 1.70 bits per heavy atom. The molecular weight excluding hydrogens is 128 g/mol. The van der Waals surface area contributed by atoms with E-state index in [1.54, 1.807) is 6.26 Å². The fourth-order valence-corrected chi connectivity index (χ4v) is 0.911. The zero-order valence-corrected chi connectivity index (χ0v) is 6.29. The van der Waals surface area contributed by atoms with Crippen molar-refractivity contribution < 1.29 is 9.52 Å². The number of aliphatic hydroxyl groups is 1. The molecule has 0 unspecified atom stereocenters. The molecule has 0 amide bonds. The fourth-order valence-electron chi connectivity index (χ4n) is 0.911. The van der Waals surface area contributed by atoms with Crippen LogP contribution in [0.4, 0.5) is 0 Å². The maximum atomic E-state index is 9.31. The third-order valence-electron chi connectivity index (χ3n) is 1.59. The standard InChI is InChI=1S/C8H12O2/c1-3-7(9)8-6(2)4-5-10-8/h4-5,7,9H,3H2,1-2H3/t7-/m0/s1. The van der Waals surface area contributed by atoms with Crippen LogP contribution in [0.5, 0.6) is 0 Å². The second-order valence-electron chi connectivity index (χ2n) is 2.39. The second-order valence-corrected chi connectivity index (χ2v) is 2.39. The molecule has 0 aliphatic rings. The molecule has 0 spiro atoms. The van der Waals surface area contributed by atoms with Crippen LogP contribution in [0.1, 0.15) is 30.8 Å². The summed E-state index contributed by atoms with van der Waals surface area (Å²) in [5.74, 6) is 0.697. The van der Waals surface area contributed by atoms with Crippen molar-refractivity contribution in [3.63, 3.8) is 0 Å². The summed E-state index contributed by atoms with van der Waals surface area (Å²) in [6.07, 6.45) is 1.87. The summed E-state index contributed by atoms with van der Waals surface area (Å²) in [4.78, 5) is 0. The quantitative estimate of drug-likeness (QED) is 0.681. The van der Waals surface area contributed by atoms with Gasteiger partial charge in [-0.25, -0.2) is 0 Å². The lowest BCUT2D eigenvalue weighted by Crippen LogP contribution is -1.94. The van der Waals surface area contributed by atoms with Crippen molar-refractivity contribution in [2.24, 2.45) is 0 Å². The first-order valence-corrected chi connectivity index (χ1v) is 3.47. The maximum absolute atomic E-state index is 9.31. The van der Waals surface area contributed by atoms with E-state index in [2.05, 4.69) is 0 Å². The highest BCUT2D eigenvalue weighted by atomic mass is 16.4. The van der Waals surface area contributed by atoms with E-state index >= 15 is 0 Å². The monoisotopic (exact) mass is 140 g/mol. The first-order chi connectivity index (χ1) is 4.75. The summed E-state index contributed by atoms with van der Waals surface area (Å²) in [6.45, 7) is 3.85. The van der Waals surface area contributed by atoms with Gasteiger partial charge in [0.25, 0.3) is 0 Å². The molecule has 1 aromatic heterocycles. The molecule has 0 fully saturated rings. The molecular formula is C8H12O2. The third kappa shape index (κ3) is 1.21. The number of hydrogen-bond acceptors (Lipinski definition) is 2. The van der Waals surface area contributed by atoms with Gasteiger partial charge in [0.1, 0.15) is 11.9 Å². The van der Waals surface area contributed by atoms with Crippen LogP contribution in [0, 0.1) is 6.92 Å². The average Bonchev–Trinajstić information content (AvgIpc) is 2.34. The first-order valence-electron chi connectivity index (χ1n) is 3.47. The molecule has 56 valence electrons. The van der Waals surface area contributed by atoms with Crippen molar-refractivity contribution in [3.05, 3.63) is 23.7 Å². The number of hydrogen-bond donors (Lipinski definition) is 1. The highest BCUT2D eigenvalue weighted by Gasteiger charge is 2.10. The minimum Gasteiger partial charge on any atom is -0.466 e. The summed E-state index contributed by atoms with van der Waals surface area (Å²) >= 11 is 0. The van der Waals surface area contributed by atoms with Crippen LogP contribution in [-0.4, -0.2) is 5.11 Å². The second kappa shape index (κ2) is 2.88. The van der Waals surface area contributed by atoms with Crippen LogP contribution >= 0.6 is 0 Å². The summed E-state index contributed by atoms with van der Waals surface area (Å²) in [5, 5.41) is 9.31. The van der Waals surface area contributed by atoms with Crippen LogP contribution in [0.15, 0.2) is 16.7 Å². The number of aliphatic hydroxyl groups excluding tert-OH is 1. The Hall–Kier alpha value is -0.760. The van der Waals surface area contributed by atoms with Gasteiger partial charge in [-0.05, 0) is 25.0 Å². The van der Waals surface area contributed by atoms with Crippen molar-refractivity contribution in [2.45, 2.75) is 26.4 Å². The molecule has 10 heavy (non-hydrogen) atoms. The minimum atomic E-state index is -0.435. The largest absolute Gasteiger partial charge is 0.466 e. The van der Waals surface area contributed by atoms with E-state index in [0.29, 0.717) is 12.2 Å². The molecule has 1 N–H and O–H groups in total. The molecule has 0 bridgehead atoms. The van der Waals surface area contributed by atoms with Crippen molar-refractivity contribution in [1.29, 1.82) is 0 Å². The van der Waals surface area contributed by atoms with E-state index in [0.717, 1.165) is 5.56 Å². The summed E-state index contributed by atoms with van der Waals surface area (Å²) in [5.41, 5.74) is 1.02. The lowest BCUT2D eigenvalue weighted by molar-refractivity contribution is 0.145. The van der Waals surface area contributed by atoms with Gasteiger partial charge >= 0.3 is 0 Å². The lowest BCUT2D eigenvalue weighted by Gasteiger charge is -2.03. The van der Waals surface area contributed by atoms with Gasteiger partial charge in [0, 0.05) is 0 Å². The smallest absolute Gasteiger partial charge is 0.135 e. The van der Waals surface area contributed by atoms with Crippen LogP contribution < -0.4 is 0 Å². The topological polar surface area (TPSA) is 33.4 Å². The molecule has 2 nitrogen and oxygen atoms in total. The Kier molecular flexibility index (Phi) is 2.12. The molecule has 0 aliphatic carbocycles. The van der Waals surface area contributed by atoms with Gasteiger partial charge in [0.2, 0.25) is 0 Å². The molecule has 0 aliphatic heterocycles. The molecule has 2 heteroatoms. The number of furan rings is 1. The van der Waals surface area contributed by atoms with E-state index in [1.807, 2.05) is 19.9 Å². The summed E-state index contributed by atoms with van der Waals surface area (Å²) < 4.78 is 5.07. The first kappa shape index (κ1) is 7.35. The van der Waals surface area contributed by atoms with Crippen LogP contribution in [-0.2, 0) is 0 Å². The van der Waals surface area contributed by atoms with E-state index < -0.39 is 6.10 Å². The maximum Gasteiger partial charge on any atom is 0.135 e. The average molecular weight is 140 g/mol. The Labute approximate surface area is 60.5 Å². The number of rotatable bonds is 2. The van der Waals surface area contributed by atoms with Gasteiger partial charge in [0.15, 0.2) is 0 Å². The van der Waals surface area contributed by atoms with Crippen LogP contribution in [0.25, 0.3) is 0 Å². The minimum absolute atomic E-state index is 0.435. The summed E-state index contributed by atoms with van der Waals surface area (Å²) in [7, 11) is 0. The van der Waals surface area contributed by atoms with Crippen LogP contribution in [0.2, 0.25) is 0 Å². The molecule has 0 saturated carbocycles. The Bertz CT molecular complexity index is 203. The third-order valence-corrected chi connectivity index (χ3v) is 1.59. The van der Waals surface area contributed by atoms with Crippen molar-refractivity contribution in [2.75, 3.05) is 0 Å². The van der Waals surface area contributed by atoms with Crippen molar-refractivity contribution in [3.8, 4) is 0 Å². The van der Waals surface area contributed by atoms with Gasteiger partial charge in [0.05, 0.1) is 6.26 Å². The van der Waals surface area contributed by atoms with Crippen LogP contribution in [0.3, 0.4) is 0 Å². The normalized spacial score (nSPS) is 13.5. The van der Waals surface area contributed by atoms with Gasteiger partial charge in [-0.15, -0.1) is 0 Å². The van der Waals surface area contributed by atoms with E-state index in [1.165, 1.54) is 0 Å². The molecule has 1 aromatic rings. The van der Waals surface area contributed by atoms with E-state index in [9.17, 15) is 5.11 Å². The molecule has 0 radical (unpaired) electrons. The van der Waals surface area contributed by atoms with Crippen molar-refractivity contribution in [1.82, 2.24) is 0 Å².